The quantitative estimate of drug-likeness (QED) is 0.291. The van der Waals surface area contributed by atoms with E-state index in [2.05, 4.69) is 27.4 Å². The van der Waals surface area contributed by atoms with Crippen LogP contribution in [0.4, 0.5) is 4.39 Å². The molecular formula is C24H22ClFN4O2. The highest BCUT2D eigenvalue weighted by atomic mass is 35.5. The van der Waals surface area contributed by atoms with Gasteiger partial charge in [-0.1, -0.05) is 41.1 Å². The van der Waals surface area contributed by atoms with Gasteiger partial charge in [-0.05, 0) is 54.7 Å². The van der Waals surface area contributed by atoms with Gasteiger partial charge in [-0.2, -0.15) is 0 Å². The van der Waals surface area contributed by atoms with E-state index >= 15 is 0 Å². The number of aromatic nitrogens is 4. The molecule has 0 aliphatic heterocycles. The highest BCUT2D eigenvalue weighted by molar-refractivity contribution is 6.28. The van der Waals surface area contributed by atoms with Gasteiger partial charge in [0.1, 0.15) is 30.1 Å². The molecule has 0 bridgehead atoms. The van der Waals surface area contributed by atoms with Gasteiger partial charge >= 0.3 is 0 Å². The summed E-state index contributed by atoms with van der Waals surface area (Å²) in [6.07, 6.45) is 8.22. The Morgan fingerprint density at radius 2 is 1.91 bits per heavy atom. The molecule has 0 N–H and O–H groups in total. The summed E-state index contributed by atoms with van der Waals surface area (Å²) in [5, 5.41) is 7.77. The Balaban J connectivity index is 1.26. The molecule has 0 fully saturated rings. The van der Waals surface area contributed by atoms with Crippen LogP contribution < -0.4 is 4.74 Å². The Morgan fingerprint density at radius 1 is 1.09 bits per heavy atom. The van der Waals surface area contributed by atoms with Crippen LogP contribution in [0.2, 0.25) is 0 Å². The molecule has 6 nitrogen and oxygen atoms in total. The summed E-state index contributed by atoms with van der Waals surface area (Å²) in [6, 6.07) is 14.0. The SMILES string of the molecule is Fc1ccc(C(=CCl)c2nc(COc3ccc(CCCCn4ccnn4)cc3)co2)cc1. The number of aryl methyl sites for hydroxylation is 2. The van der Waals surface area contributed by atoms with Gasteiger partial charge in [0.05, 0.1) is 11.8 Å². The predicted molar refractivity (Wildman–Crippen MR) is 120 cm³/mol. The molecule has 32 heavy (non-hydrogen) atoms. The van der Waals surface area contributed by atoms with Crippen molar-refractivity contribution in [3.63, 3.8) is 0 Å². The van der Waals surface area contributed by atoms with Crippen LogP contribution in [0.1, 0.15) is 35.6 Å². The maximum atomic E-state index is 13.2. The number of hydrogen-bond acceptors (Lipinski definition) is 5. The van der Waals surface area contributed by atoms with Gasteiger partial charge in [0.25, 0.3) is 0 Å². The number of nitrogens with zero attached hydrogens (tertiary/aromatic N) is 4. The number of hydrogen-bond donors (Lipinski definition) is 0. The van der Waals surface area contributed by atoms with E-state index in [-0.39, 0.29) is 12.4 Å². The second-order valence-electron chi connectivity index (χ2n) is 7.23. The summed E-state index contributed by atoms with van der Waals surface area (Å²) >= 11 is 5.95. The Hall–Kier alpha value is -3.45. The summed E-state index contributed by atoms with van der Waals surface area (Å²) in [7, 11) is 0. The fourth-order valence-corrected chi connectivity index (χ4v) is 3.44. The molecule has 0 unspecified atom stereocenters. The largest absolute Gasteiger partial charge is 0.487 e. The van der Waals surface area contributed by atoms with Crippen molar-refractivity contribution in [1.29, 1.82) is 0 Å². The average Bonchev–Trinajstić information content (AvgIpc) is 3.50. The fourth-order valence-electron chi connectivity index (χ4n) is 3.22. The van der Waals surface area contributed by atoms with Gasteiger partial charge in [-0.3, -0.25) is 4.68 Å². The second kappa shape index (κ2) is 10.7. The Morgan fingerprint density at radius 3 is 2.62 bits per heavy atom. The third kappa shape index (κ3) is 5.82. The molecule has 0 radical (unpaired) electrons. The molecule has 4 rings (SSSR count). The first-order valence-electron chi connectivity index (χ1n) is 10.3. The van der Waals surface area contributed by atoms with Crippen LogP contribution in [0.5, 0.6) is 5.75 Å². The molecule has 0 amide bonds. The zero-order chi connectivity index (χ0) is 22.2. The summed E-state index contributed by atoms with van der Waals surface area (Å²) in [4.78, 5) is 4.43. The summed E-state index contributed by atoms with van der Waals surface area (Å²) in [6.45, 7) is 1.14. The number of unbranched alkanes of at least 4 members (excludes halogenated alkanes) is 1. The monoisotopic (exact) mass is 452 g/mol. The van der Waals surface area contributed by atoms with Crippen LogP contribution >= 0.6 is 11.6 Å². The van der Waals surface area contributed by atoms with E-state index in [9.17, 15) is 4.39 Å². The Labute approximate surface area is 190 Å². The number of halogens is 2. The van der Waals surface area contributed by atoms with Crippen LogP contribution in [-0.4, -0.2) is 20.0 Å². The summed E-state index contributed by atoms with van der Waals surface area (Å²) < 4.78 is 26.4. The van der Waals surface area contributed by atoms with Gasteiger partial charge in [0.2, 0.25) is 5.89 Å². The lowest BCUT2D eigenvalue weighted by Gasteiger charge is -2.06. The molecule has 8 heteroatoms. The predicted octanol–water partition coefficient (Wildman–Crippen LogP) is 5.64. The van der Waals surface area contributed by atoms with E-state index in [1.54, 1.807) is 18.3 Å². The second-order valence-corrected chi connectivity index (χ2v) is 7.45. The smallest absolute Gasteiger partial charge is 0.227 e. The van der Waals surface area contributed by atoms with Crippen molar-refractivity contribution in [2.45, 2.75) is 32.4 Å². The van der Waals surface area contributed by atoms with E-state index < -0.39 is 0 Å². The van der Waals surface area contributed by atoms with Crippen molar-refractivity contribution < 1.29 is 13.5 Å². The van der Waals surface area contributed by atoms with E-state index in [4.69, 9.17) is 20.8 Å². The lowest BCUT2D eigenvalue weighted by molar-refractivity contribution is 0.301. The Bertz CT molecular complexity index is 1140. The zero-order valence-corrected chi connectivity index (χ0v) is 18.1. The van der Waals surface area contributed by atoms with Gasteiger partial charge in [-0.25, -0.2) is 9.37 Å². The van der Waals surface area contributed by atoms with Crippen molar-refractivity contribution in [2.75, 3.05) is 0 Å². The third-order valence-electron chi connectivity index (χ3n) is 4.93. The van der Waals surface area contributed by atoms with Gasteiger partial charge in [-0.15, -0.1) is 5.10 Å². The van der Waals surface area contributed by atoms with Gasteiger partial charge in [0.15, 0.2) is 0 Å². The Kier molecular flexibility index (Phi) is 7.30. The molecule has 0 aliphatic rings. The van der Waals surface area contributed by atoms with Crippen LogP contribution in [0.3, 0.4) is 0 Å². The zero-order valence-electron chi connectivity index (χ0n) is 17.3. The van der Waals surface area contributed by atoms with Gasteiger partial charge < -0.3 is 9.15 Å². The topological polar surface area (TPSA) is 66.0 Å². The van der Waals surface area contributed by atoms with Crippen molar-refractivity contribution >= 4 is 17.2 Å². The minimum atomic E-state index is -0.318. The molecule has 0 saturated heterocycles. The third-order valence-corrected chi connectivity index (χ3v) is 5.15. The minimum absolute atomic E-state index is 0.264. The number of benzene rings is 2. The first-order valence-corrected chi connectivity index (χ1v) is 10.7. The summed E-state index contributed by atoms with van der Waals surface area (Å²) in [5.41, 5.74) is 4.55. The lowest BCUT2D eigenvalue weighted by Crippen LogP contribution is -1.99. The molecule has 0 saturated carbocycles. The minimum Gasteiger partial charge on any atom is -0.487 e. The molecule has 164 valence electrons. The normalized spacial score (nSPS) is 11.6. The maximum Gasteiger partial charge on any atom is 0.227 e. The first-order chi connectivity index (χ1) is 15.7. The number of ether oxygens (including phenoxy) is 1. The van der Waals surface area contributed by atoms with Crippen molar-refractivity contribution in [3.8, 4) is 5.75 Å². The van der Waals surface area contributed by atoms with Crippen molar-refractivity contribution in [2.24, 2.45) is 0 Å². The van der Waals surface area contributed by atoms with Crippen LogP contribution in [0.15, 0.2) is 77.1 Å². The molecular weight excluding hydrogens is 431 g/mol. The van der Waals surface area contributed by atoms with E-state index in [1.807, 2.05) is 23.0 Å². The van der Waals surface area contributed by atoms with Crippen molar-refractivity contribution in [3.05, 3.63) is 101 Å². The van der Waals surface area contributed by atoms with Crippen LogP contribution in [0.25, 0.3) is 5.57 Å². The molecule has 0 aliphatic carbocycles. The first kappa shape index (κ1) is 21.8. The van der Waals surface area contributed by atoms with Gasteiger partial charge in [0, 0.05) is 18.3 Å². The molecule has 4 aromatic rings. The maximum absolute atomic E-state index is 13.2. The van der Waals surface area contributed by atoms with E-state index in [1.165, 1.54) is 29.5 Å². The molecule has 0 spiro atoms. The van der Waals surface area contributed by atoms with Crippen LogP contribution in [-0.2, 0) is 19.6 Å². The molecule has 2 aromatic carbocycles. The van der Waals surface area contributed by atoms with Crippen molar-refractivity contribution in [1.82, 2.24) is 20.0 Å². The number of rotatable bonds is 10. The highest BCUT2D eigenvalue weighted by Crippen LogP contribution is 2.24. The molecule has 0 atom stereocenters. The average molecular weight is 453 g/mol. The fraction of sp³-hybridized carbons (Fsp3) is 0.208. The summed E-state index contributed by atoms with van der Waals surface area (Å²) in [5.74, 6) is 0.793. The van der Waals surface area contributed by atoms with E-state index in [0.717, 1.165) is 31.6 Å². The number of oxazole rings is 1. The standard InChI is InChI=1S/C24H22ClFN4O2/c25-15-23(19-6-8-20(26)9-7-19)24-28-21(17-32-24)16-31-22-10-4-18(5-11-22)3-1-2-13-30-14-12-27-29-30/h4-12,14-15,17H,1-3,13,16H2. The van der Waals surface area contributed by atoms with E-state index in [0.29, 0.717) is 22.7 Å². The lowest BCUT2D eigenvalue weighted by atomic mass is 10.1. The molecule has 2 aromatic heterocycles. The molecule has 2 heterocycles. The van der Waals surface area contributed by atoms with Crippen LogP contribution in [0, 0.1) is 5.82 Å². The highest BCUT2D eigenvalue weighted by Gasteiger charge is 2.12.